The predicted molar refractivity (Wildman–Crippen MR) is 59.7 cm³/mol. The summed E-state index contributed by atoms with van der Waals surface area (Å²) in [7, 11) is 0. The van der Waals surface area contributed by atoms with Gasteiger partial charge in [0.15, 0.2) is 0 Å². The molecule has 4 N–H and O–H groups in total. The molecule has 0 aliphatic carbocycles. The van der Waals surface area contributed by atoms with Gasteiger partial charge in [-0.05, 0) is 12.1 Å². The molecule has 1 unspecified atom stereocenters. The molecule has 15 heavy (non-hydrogen) atoms. The smallest absolute Gasteiger partial charge is 0.107 e. The number of nitrogens with one attached hydrogen (secondary N) is 1. The summed E-state index contributed by atoms with van der Waals surface area (Å²) in [6, 6.07) is 7.52. The second-order valence-electron chi connectivity index (χ2n) is 3.97. The monoisotopic (exact) mass is 208 g/mol. The summed E-state index contributed by atoms with van der Waals surface area (Å²) in [6.45, 7) is 1.50. The average molecular weight is 208 g/mol. The summed E-state index contributed by atoms with van der Waals surface area (Å²) >= 11 is 0. The lowest BCUT2D eigenvalue weighted by Gasteiger charge is -2.21. The van der Waals surface area contributed by atoms with Crippen molar-refractivity contribution >= 4 is 11.4 Å². The van der Waals surface area contributed by atoms with Crippen molar-refractivity contribution in [2.45, 2.75) is 12.0 Å². The Morgan fingerprint density at radius 3 is 2.93 bits per heavy atom. The zero-order valence-corrected chi connectivity index (χ0v) is 8.57. The van der Waals surface area contributed by atoms with Gasteiger partial charge in [0.2, 0.25) is 0 Å². The van der Waals surface area contributed by atoms with Crippen molar-refractivity contribution in [3.63, 3.8) is 0 Å². The minimum atomic E-state index is -0.748. The zero-order valence-electron chi connectivity index (χ0n) is 8.57. The number of rotatable bonds is 3. The number of nitrogen functional groups attached to an aromatic ring is 1. The number of anilines is 2. The van der Waals surface area contributed by atoms with Gasteiger partial charge in [-0.25, -0.2) is 0 Å². The first-order valence-corrected chi connectivity index (χ1v) is 5.08. The lowest BCUT2D eigenvalue weighted by molar-refractivity contribution is 0.0382. The standard InChI is InChI=1S/C11H16N2O2/c12-9-3-1-2-4-10(9)13-7-11(14)5-6-15-8-11/h1-4,13-14H,5-8,12H2. The number of hydrogen-bond acceptors (Lipinski definition) is 4. The molecule has 82 valence electrons. The Morgan fingerprint density at radius 1 is 1.47 bits per heavy atom. The van der Waals surface area contributed by atoms with Crippen LogP contribution in [0.1, 0.15) is 6.42 Å². The Balaban J connectivity index is 1.95. The molecule has 0 amide bonds. The highest BCUT2D eigenvalue weighted by molar-refractivity contribution is 5.65. The van der Waals surface area contributed by atoms with Crippen molar-refractivity contribution in [1.29, 1.82) is 0 Å². The summed E-state index contributed by atoms with van der Waals surface area (Å²) < 4.78 is 5.16. The predicted octanol–water partition coefficient (Wildman–Crippen LogP) is 0.832. The van der Waals surface area contributed by atoms with Gasteiger partial charge in [0.1, 0.15) is 5.60 Å². The summed E-state index contributed by atoms with van der Waals surface area (Å²) in [5.74, 6) is 0. The van der Waals surface area contributed by atoms with Crippen molar-refractivity contribution < 1.29 is 9.84 Å². The van der Waals surface area contributed by atoms with E-state index in [4.69, 9.17) is 10.5 Å². The summed E-state index contributed by atoms with van der Waals surface area (Å²) in [5.41, 5.74) is 6.58. The third-order valence-corrected chi connectivity index (χ3v) is 2.65. The molecule has 1 aliphatic rings. The van der Waals surface area contributed by atoms with Gasteiger partial charge in [0.05, 0.1) is 18.0 Å². The van der Waals surface area contributed by atoms with Gasteiger partial charge < -0.3 is 20.9 Å². The van der Waals surface area contributed by atoms with Crippen molar-refractivity contribution in [3.8, 4) is 0 Å². The molecular formula is C11H16N2O2. The third kappa shape index (κ3) is 2.40. The maximum atomic E-state index is 10.0. The van der Waals surface area contributed by atoms with Crippen LogP contribution in [0.2, 0.25) is 0 Å². The molecule has 0 spiro atoms. The Bertz CT molecular complexity index is 335. The quantitative estimate of drug-likeness (QED) is 0.644. The Labute approximate surface area is 89.0 Å². The second-order valence-corrected chi connectivity index (χ2v) is 3.97. The van der Waals surface area contributed by atoms with Gasteiger partial charge in [-0.15, -0.1) is 0 Å². The summed E-state index contributed by atoms with van der Waals surface area (Å²) in [4.78, 5) is 0. The van der Waals surface area contributed by atoms with Crippen molar-refractivity contribution in [3.05, 3.63) is 24.3 Å². The van der Waals surface area contributed by atoms with E-state index in [-0.39, 0.29) is 0 Å². The fourth-order valence-corrected chi connectivity index (χ4v) is 1.65. The highest BCUT2D eigenvalue weighted by Gasteiger charge is 2.31. The highest BCUT2D eigenvalue weighted by atomic mass is 16.5. The molecular weight excluding hydrogens is 192 g/mol. The van der Waals surface area contributed by atoms with Crippen molar-refractivity contribution in [2.75, 3.05) is 30.8 Å². The number of hydrogen-bond donors (Lipinski definition) is 3. The fraction of sp³-hybridized carbons (Fsp3) is 0.455. The van der Waals surface area contributed by atoms with E-state index in [1.54, 1.807) is 0 Å². The van der Waals surface area contributed by atoms with Gasteiger partial charge >= 0.3 is 0 Å². The molecule has 4 heteroatoms. The van der Waals surface area contributed by atoms with E-state index < -0.39 is 5.60 Å². The average Bonchev–Trinajstić information content (AvgIpc) is 2.65. The number of benzene rings is 1. The first-order valence-electron chi connectivity index (χ1n) is 5.08. The molecule has 1 fully saturated rings. The van der Waals surface area contributed by atoms with Crippen LogP contribution in [-0.2, 0) is 4.74 Å². The molecule has 0 saturated carbocycles. The molecule has 1 atom stereocenters. The van der Waals surface area contributed by atoms with E-state index in [1.807, 2.05) is 24.3 Å². The number of aliphatic hydroxyl groups is 1. The van der Waals surface area contributed by atoms with E-state index in [2.05, 4.69) is 5.32 Å². The van der Waals surface area contributed by atoms with E-state index in [0.717, 1.165) is 5.69 Å². The third-order valence-electron chi connectivity index (χ3n) is 2.65. The maximum absolute atomic E-state index is 10.0. The number of para-hydroxylation sites is 2. The van der Waals surface area contributed by atoms with Crippen LogP contribution in [0.15, 0.2) is 24.3 Å². The molecule has 0 bridgehead atoms. The fourth-order valence-electron chi connectivity index (χ4n) is 1.65. The van der Waals surface area contributed by atoms with E-state index in [1.165, 1.54) is 0 Å². The highest BCUT2D eigenvalue weighted by Crippen LogP contribution is 2.22. The Hall–Kier alpha value is -1.26. The van der Waals surface area contributed by atoms with Crippen LogP contribution in [0.5, 0.6) is 0 Å². The van der Waals surface area contributed by atoms with Gasteiger partial charge in [0.25, 0.3) is 0 Å². The molecule has 1 aromatic carbocycles. The summed E-state index contributed by atoms with van der Waals surface area (Å²) in [6.07, 6.45) is 0.673. The molecule has 4 nitrogen and oxygen atoms in total. The van der Waals surface area contributed by atoms with Gasteiger partial charge in [-0.2, -0.15) is 0 Å². The van der Waals surface area contributed by atoms with E-state index >= 15 is 0 Å². The van der Waals surface area contributed by atoms with Crippen LogP contribution in [0, 0.1) is 0 Å². The molecule has 0 radical (unpaired) electrons. The minimum absolute atomic E-state index is 0.396. The lowest BCUT2D eigenvalue weighted by atomic mass is 10.0. The first-order chi connectivity index (χ1) is 7.20. The molecule has 1 aromatic rings. The maximum Gasteiger partial charge on any atom is 0.107 e. The minimum Gasteiger partial charge on any atom is -0.397 e. The van der Waals surface area contributed by atoms with E-state index in [9.17, 15) is 5.11 Å². The summed E-state index contributed by atoms with van der Waals surface area (Å²) in [5, 5.41) is 13.2. The Morgan fingerprint density at radius 2 is 2.27 bits per heavy atom. The number of ether oxygens (including phenoxy) is 1. The van der Waals surface area contributed by atoms with Gasteiger partial charge in [-0.3, -0.25) is 0 Å². The van der Waals surface area contributed by atoms with Crippen LogP contribution in [-0.4, -0.2) is 30.5 Å². The first kappa shape index (κ1) is 10.3. The second kappa shape index (κ2) is 4.08. The van der Waals surface area contributed by atoms with Gasteiger partial charge in [-0.1, -0.05) is 12.1 Å². The topological polar surface area (TPSA) is 67.5 Å². The molecule has 1 aliphatic heterocycles. The van der Waals surface area contributed by atoms with Crippen LogP contribution < -0.4 is 11.1 Å². The van der Waals surface area contributed by atoms with Crippen molar-refractivity contribution in [2.24, 2.45) is 0 Å². The molecule has 0 aromatic heterocycles. The zero-order chi connectivity index (χ0) is 10.7. The molecule has 1 saturated heterocycles. The molecule has 1 heterocycles. The lowest BCUT2D eigenvalue weighted by Crippen LogP contribution is -2.37. The Kier molecular flexibility index (Phi) is 2.79. The van der Waals surface area contributed by atoms with Crippen LogP contribution >= 0.6 is 0 Å². The SMILES string of the molecule is Nc1ccccc1NCC1(O)CCOC1. The normalized spacial score (nSPS) is 25.4. The van der Waals surface area contributed by atoms with Crippen molar-refractivity contribution in [1.82, 2.24) is 0 Å². The number of nitrogens with two attached hydrogens (primary N) is 1. The van der Waals surface area contributed by atoms with Crippen LogP contribution in [0.3, 0.4) is 0 Å². The van der Waals surface area contributed by atoms with Crippen LogP contribution in [0.25, 0.3) is 0 Å². The van der Waals surface area contributed by atoms with E-state index in [0.29, 0.717) is 31.9 Å². The molecule has 2 rings (SSSR count). The van der Waals surface area contributed by atoms with Crippen LogP contribution in [0.4, 0.5) is 11.4 Å². The van der Waals surface area contributed by atoms with Gasteiger partial charge in [0, 0.05) is 19.6 Å². The largest absolute Gasteiger partial charge is 0.397 e.